The van der Waals surface area contributed by atoms with Crippen LogP contribution >= 0.6 is 0 Å². The molecule has 170 valence electrons. The summed E-state index contributed by atoms with van der Waals surface area (Å²) in [5, 5.41) is 20.8. The largest absolute Gasteiger partial charge is 0.367 e. The third-order valence-corrected chi connectivity index (χ3v) is 6.27. The number of sulfonamides is 1. The van der Waals surface area contributed by atoms with Gasteiger partial charge in [-0.3, -0.25) is 10.1 Å². The summed E-state index contributed by atoms with van der Waals surface area (Å²) >= 11 is 0. The molecular formula is C20H20N8O4S. The summed E-state index contributed by atoms with van der Waals surface area (Å²) in [6.45, 7) is 1.66. The van der Waals surface area contributed by atoms with Gasteiger partial charge < -0.3 is 16.0 Å². The van der Waals surface area contributed by atoms with Crippen LogP contribution in [0.5, 0.6) is 0 Å². The van der Waals surface area contributed by atoms with Crippen molar-refractivity contribution in [1.82, 2.24) is 25.2 Å². The first kappa shape index (κ1) is 20.9. The van der Waals surface area contributed by atoms with Crippen LogP contribution in [0.15, 0.2) is 41.1 Å². The zero-order valence-corrected chi connectivity index (χ0v) is 18.2. The number of rotatable bonds is 6. The van der Waals surface area contributed by atoms with E-state index in [1.807, 2.05) is 0 Å². The lowest BCUT2D eigenvalue weighted by Gasteiger charge is -2.13. The predicted octanol–water partition coefficient (Wildman–Crippen LogP) is 1.18. The summed E-state index contributed by atoms with van der Waals surface area (Å²) < 4.78 is 25.4. The number of carbonyl (C=O) groups excluding carboxylic acids is 2. The molecular weight excluding hydrogens is 448 g/mol. The van der Waals surface area contributed by atoms with Crippen LogP contribution in [0.25, 0.3) is 11.7 Å². The summed E-state index contributed by atoms with van der Waals surface area (Å²) in [6.07, 6.45) is 5.10. The molecule has 13 heteroatoms. The van der Waals surface area contributed by atoms with Gasteiger partial charge in [0.25, 0.3) is 5.91 Å². The smallest absolute Gasteiger partial charge is 0.326 e. The minimum atomic E-state index is -3.89. The van der Waals surface area contributed by atoms with Gasteiger partial charge >= 0.3 is 6.03 Å². The molecule has 1 aliphatic heterocycles. The normalized spacial score (nSPS) is 17.3. The first-order chi connectivity index (χ1) is 15.7. The monoisotopic (exact) mass is 468 g/mol. The van der Waals surface area contributed by atoms with Crippen LogP contribution in [0.3, 0.4) is 0 Å². The predicted molar refractivity (Wildman–Crippen MR) is 120 cm³/mol. The fourth-order valence-electron chi connectivity index (χ4n) is 3.46. The quantitative estimate of drug-likeness (QED) is 0.265. The van der Waals surface area contributed by atoms with Gasteiger partial charge in [-0.1, -0.05) is 6.07 Å². The molecule has 33 heavy (non-hydrogen) atoms. The number of amides is 3. The molecule has 12 nitrogen and oxygen atoms in total. The molecule has 0 spiro atoms. The number of aromatic nitrogens is 3. The molecule has 2 aromatic heterocycles. The Morgan fingerprint density at radius 1 is 1.21 bits per heavy atom. The third-order valence-electron chi connectivity index (χ3n) is 5.22. The van der Waals surface area contributed by atoms with E-state index in [4.69, 9.17) is 5.14 Å². The van der Waals surface area contributed by atoms with Crippen LogP contribution in [-0.2, 0) is 14.8 Å². The van der Waals surface area contributed by atoms with Gasteiger partial charge in [-0.25, -0.2) is 23.3 Å². The van der Waals surface area contributed by atoms with Gasteiger partial charge in [0.15, 0.2) is 5.65 Å². The Labute approximate surface area is 188 Å². The molecule has 5 rings (SSSR count). The van der Waals surface area contributed by atoms with E-state index in [9.17, 15) is 18.0 Å². The SMILES string of the molecule is Cc1ccc(Nc2cc(NC3CC3)n3ncc(/C=C4\NC(=O)NC4=O)c3n2)cc1S(N)(=O)=O. The molecule has 3 amide bonds. The fraction of sp³-hybridized carbons (Fsp3) is 0.200. The fourth-order valence-corrected chi connectivity index (χ4v) is 4.26. The van der Waals surface area contributed by atoms with Crippen molar-refractivity contribution in [2.24, 2.45) is 5.14 Å². The number of aryl methyl sites for hydroxylation is 1. The Bertz CT molecular complexity index is 1460. The number of nitrogens with zero attached hydrogens (tertiary/aromatic N) is 3. The summed E-state index contributed by atoms with van der Waals surface area (Å²) in [5.74, 6) is 0.559. The van der Waals surface area contributed by atoms with E-state index in [0.717, 1.165) is 12.8 Å². The van der Waals surface area contributed by atoms with E-state index < -0.39 is 22.0 Å². The van der Waals surface area contributed by atoms with Gasteiger partial charge in [-0.15, -0.1) is 0 Å². The molecule has 1 aliphatic carbocycles. The van der Waals surface area contributed by atoms with Crippen LogP contribution in [0, 0.1) is 6.92 Å². The second-order valence-corrected chi connectivity index (χ2v) is 9.43. The topological polar surface area (TPSA) is 173 Å². The molecule has 0 bridgehead atoms. The Morgan fingerprint density at radius 2 is 2.00 bits per heavy atom. The van der Waals surface area contributed by atoms with Crippen LogP contribution < -0.4 is 26.4 Å². The van der Waals surface area contributed by atoms with Gasteiger partial charge in [-0.2, -0.15) is 9.61 Å². The van der Waals surface area contributed by atoms with Crippen molar-refractivity contribution in [3.05, 3.63) is 47.3 Å². The van der Waals surface area contributed by atoms with Gasteiger partial charge in [0.2, 0.25) is 10.0 Å². The number of imide groups is 1. The Kier molecular flexibility index (Phi) is 4.79. The molecule has 1 saturated heterocycles. The second kappa shape index (κ2) is 7.56. The van der Waals surface area contributed by atoms with E-state index >= 15 is 0 Å². The summed E-state index contributed by atoms with van der Waals surface area (Å²) in [5.41, 5.74) is 2.05. The van der Waals surface area contributed by atoms with E-state index in [2.05, 4.69) is 31.3 Å². The van der Waals surface area contributed by atoms with Gasteiger partial charge in [0.05, 0.1) is 11.1 Å². The van der Waals surface area contributed by atoms with Gasteiger partial charge in [-0.05, 0) is 43.5 Å². The number of nitrogens with one attached hydrogen (secondary N) is 4. The van der Waals surface area contributed by atoms with Crippen LogP contribution in [0.1, 0.15) is 24.0 Å². The lowest BCUT2D eigenvalue weighted by atomic mass is 10.2. The van der Waals surface area contributed by atoms with Crippen molar-refractivity contribution in [2.45, 2.75) is 30.7 Å². The highest BCUT2D eigenvalue weighted by Crippen LogP contribution is 2.29. The maximum atomic E-state index is 11.9. The van der Waals surface area contributed by atoms with Gasteiger partial charge in [0, 0.05) is 23.4 Å². The van der Waals surface area contributed by atoms with Crippen molar-refractivity contribution in [1.29, 1.82) is 0 Å². The minimum Gasteiger partial charge on any atom is -0.367 e. The number of fused-ring (bicyclic) bond motifs is 1. The molecule has 0 radical (unpaired) electrons. The van der Waals surface area contributed by atoms with Crippen molar-refractivity contribution in [2.75, 3.05) is 10.6 Å². The number of carbonyl (C=O) groups is 2. The molecule has 0 unspecified atom stereocenters. The minimum absolute atomic E-state index is 0.0164. The molecule has 2 fully saturated rings. The number of primary sulfonamides is 1. The van der Waals surface area contributed by atoms with Crippen molar-refractivity contribution >= 4 is 51.0 Å². The molecule has 1 saturated carbocycles. The van der Waals surface area contributed by atoms with E-state index in [1.165, 1.54) is 12.1 Å². The standard InChI is InChI=1S/C20H20N8O4S/c1-10-2-3-13(7-15(10)33(21,31)32)23-16-8-17(24-12-4-5-12)28-18(26-16)11(9-22-28)6-14-19(29)27-20(30)25-14/h2-3,6-9,12,24H,4-5H2,1H3,(H,23,26)(H2,21,31,32)(H2,25,27,29,30)/b14-6-. The molecule has 6 N–H and O–H groups in total. The Morgan fingerprint density at radius 3 is 2.67 bits per heavy atom. The van der Waals surface area contributed by atoms with E-state index in [1.54, 1.807) is 35.8 Å². The average Bonchev–Trinajstić information content (AvgIpc) is 3.37. The first-order valence-electron chi connectivity index (χ1n) is 10.1. The highest BCUT2D eigenvalue weighted by Gasteiger charge is 2.25. The average molecular weight is 468 g/mol. The van der Waals surface area contributed by atoms with Crippen LogP contribution in [0.4, 0.5) is 22.1 Å². The van der Waals surface area contributed by atoms with Crippen molar-refractivity contribution in [3.8, 4) is 0 Å². The maximum Gasteiger partial charge on any atom is 0.326 e. The molecule has 3 heterocycles. The zero-order chi connectivity index (χ0) is 23.3. The highest BCUT2D eigenvalue weighted by atomic mass is 32.2. The Hall–Kier alpha value is -3.97. The number of nitrogens with two attached hydrogens (primary N) is 1. The molecule has 1 aromatic carbocycles. The number of anilines is 3. The second-order valence-electron chi connectivity index (χ2n) is 7.90. The zero-order valence-electron chi connectivity index (χ0n) is 17.4. The van der Waals surface area contributed by atoms with Crippen LogP contribution in [-0.4, -0.2) is 41.0 Å². The molecule has 3 aromatic rings. The van der Waals surface area contributed by atoms with E-state index in [0.29, 0.717) is 40.1 Å². The lowest BCUT2D eigenvalue weighted by molar-refractivity contribution is -0.115. The summed E-state index contributed by atoms with van der Waals surface area (Å²) in [7, 11) is -3.89. The number of hydrogen-bond acceptors (Lipinski definition) is 8. The lowest BCUT2D eigenvalue weighted by Crippen LogP contribution is -2.22. The molecule has 2 aliphatic rings. The number of benzene rings is 1. The van der Waals surface area contributed by atoms with Crippen LogP contribution in [0.2, 0.25) is 0 Å². The number of urea groups is 1. The number of hydrogen-bond donors (Lipinski definition) is 5. The maximum absolute atomic E-state index is 11.9. The van der Waals surface area contributed by atoms with Crippen molar-refractivity contribution < 1.29 is 18.0 Å². The summed E-state index contributed by atoms with van der Waals surface area (Å²) in [4.78, 5) is 28.0. The first-order valence-corrected chi connectivity index (χ1v) is 11.6. The Balaban J connectivity index is 1.57. The highest BCUT2D eigenvalue weighted by molar-refractivity contribution is 7.89. The summed E-state index contributed by atoms with van der Waals surface area (Å²) in [6, 6.07) is 6.31. The van der Waals surface area contributed by atoms with Crippen molar-refractivity contribution in [3.63, 3.8) is 0 Å². The molecule has 0 atom stereocenters. The van der Waals surface area contributed by atoms with E-state index in [-0.39, 0.29) is 10.6 Å². The third kappa shape index (κ3) is 4.23. The van der Waals surface area contributed by atoms with Gasteiger partial charge in [0.1, 0.15) is 17.3 Å².